The molecule has 22 heavy (non-hydrogen) atoms. The quantitative estimate of drug-likeness (QED) is 0.633. The van der Waals surface area contributed by atoms with Crippen LogP contribution in [0.25, 0.3) is 0 Å². The molecule has 4 nitrogen and oxygen atoms in total. The Bertz CT molecular complexity index is 562. The van der Waals surface area contributed by atoms with E-state index in [1.54, 1.807) is 31.4 Å². The van der Waals surface area contributed by atoms with Crippen molar-refractivity contribution < 1.29 is 19.1 Å². The van der Waals surface area contributed by atoms with Crippen LogP contribution in [0.3, 0.4) is 0 Å². The number of esters is 1. The smallest absolute Gasteiger partial charge is 0.338 e. The predicted molar refractivity (Wildman–Crippen MR) is 83.6 cm³/mol. The number of Topliss-reactive ketones (excluding diaryl/α,β-unsaturated/α-hetero) is 1. The largest absolute Gasteiger partial charge is 0.456 e. The number of methoxy groups -OCH3 is 1. The summed E-state index contributed by atoms with van der Waals surface area (Å²) in [4.78, 5) is 24.4. The predicted octanol–water partition coefficient (Wildman–Crippen LogP) is 3.17. The first-order valence-corrected chi connectivity index (χ1v) is 7.52. The number of hydrogen-bond donors (Lipinski definition) is 0. The molecule has 1 aromatic carbocycles. The summed E-state index contributed by atoms with van der Waals surface area (Å²) in [5.74, 6) is -0.564. The lowest BCUT2D eigenvalue weighted by Crippen LogP contribution is -2.46. The monoisotopic (exact) mass is 302 g/mol. The van der Waals surface area contributed by atoms with E-state index in [9.17, 15) is 9.59 Å². The highest BCUT2D eigenvalue weighted by atomic mass is 16.6. The van der Waals surface area contributed by atoms with Crippen LogP contribution in [0, 0.1) is 5.92 Å². The second-order valence-corrected chi connectivity index (χ2v) is 5.53. The fourth-order valence-electron chi connectivity index (χ4n) is 2.89. The topological polar surface area (TPSA) is 52.6 Å². The van der Waals surface area contributed by atoms with Crippen LogP contribution >= 0.6 is 0 Å². The van der Waals surface area contributed by atoms with E-state index in [2.05, 4.69) is 0 Å². The molecule has 0 aliphatic heterocycles. The van der Waals surface area contributed by atoms with Gasteiger partial charge in [0.15, 0.2) is 0 Å². The Morgan fingerprint density at radius 3 is 2.55 bits per heavy atom. The van der Waals surface area contributed by atoms with Gasteiger partial charge in [-0.2, -0.15) is 0 Å². The lowest BCUT2D eigenvalue weighted by molar-refractivity contribution is -0.137. The van der Waals surface area contributed by atoms with Gasteiger partial charge >= 0.3 is 5.97 Å². The summed E-state index contributed by atoms with van der Waals surface area (Å²) in [7, 11) is 1.56. The second-order valence-electron chi connectivity index (χ2n) is 5.53. The molecule has 1 aromatic rings. The number of ketones is 1. The van der Waals surface area contributed by atoms with Crippen molar-refractivity contribution >= 4 is 11.8 Å². The van der Waals surface area contributed by atoms with Crippen LogP contribution in [0.1, 0.15) is 37.0 Å². The maximum Gasteiger partial charge on any atom is 0.338 e. The van der Waals surface area contributed by atoms with Crippen LogP contribution < -0.4 is 0 Å². The Balaban J connectivity index is 2.16. The third-order valence-corrected chi connectivity index (χ3v) is 4.20. The van der Waals surface area contributed by atoms with Crippen LogP contribution in [0.5, 0.6) is 0 Å². The van der Waals surface area contributed by atoms with Crippen molar-refractivity contribution in [2.75, 3.05) is 7.11 Å². The fourth-order valence-corrected chi connectivity index (χ4v) is 2.89. The van der Waals surface area contributed by atoms with Gasteiger partial charge in [-0.15, -0.1) is 0 Å². The van der Waals surface area contributed by atoms with E-state index in [-0.39, 0.29) is 17.7 Å². The standard InChI is InChI=1S/C18H22O4/c1-4-12(2)16-14(19)10-11-15(17(16)21-3)22-18(20)13-8-6-5-7-9-13/h4-9,15-17H,10-11H2,1-3H3/t15?,16-,17-/m1/s1. The van der Waals surface area contributed by atoms with Gasteiger partial charge < -0.3 is 9.47 Å². The Morgan fingerprint density at radius 2 is 1.95 bits per heavy atom. The van der Waals surface area contributed by atoms with E-state index in [0.29, 0.717) is 18.4 Å². The molecule has 1 saturated carbocycles. The third-order valence-electron chi connectivity index (χ3n) is 4.20. The first-order valence-electron chi connectivity index (χ1n) is 7.52. The highest BCUT2D eigenvalue weighted by Crippen LogP contribution is 2.31. The number of ether oxygens (including phenoxy) is 2. The molecule has 1 fully saturated rings. The lowest BCUT2D eigenvalue weighted by atomic mass is 9.79. The van der Waals surface area contributed by atoms with E-state index in [1.807, 2.05) is 26.0 Å². The molecule has 0 bridgehead atoms. The molecule has 0 amide bonds. The van der Waals surface area contributed by atoms with Crippen LogP contribution in [0.15, 0.2) is 42.0 Å². The molecule has 0 spiro atoms. The molecular formula is C18H22O4. The summed E-state index contributed by atoms with van der Waals surface area (Å²) in [6.07, 6.45) is 1.99. The molecule has 1 unspecified atom stereocenters. The van der Waals surface area contributed by atoms with Crippen molar-refractivity contribution in [1.82, 2.24) is 0 Å². The number of allylic oxidation sites excluding steroid dienone is 1. The van der Waals surface area contributed by atoms with Crippen molar-refractivity contribution in [3.8, 4) is 0 Å². The average molecular weight is 302 g/mol. The van der Waals surface area contributed by atoms with Crippen LogP contribution in [0.4, 0.5) is 0 Å². The summed E-state index contributed by atoms with van der Waals surface area (Å²) in [6, 6.07) is 8.86. The van der Waals surface area contributed by atoms with Crippen molar-refractivity contribution in [1.29, 1.82) is 0 Å². The first-order chi connectivity index (χ1) is 10.6. The van der Waals surface area contributed by atoms with E-state index in [1.165, 1.54) is 0 Å². The van der Waals surface area contributed by atoms with E-state index < -0.39 is 12.2 Å². The van der Waals surface area contributed by atoms with Crippen molar-refractivity contribution in [2.24, 2.45) is 5.92 Å². The van der Waals surface area contributed by atoms with Crippen LogP contribution in [-0.4, -0.2) is 31.1 Å². The molecule has 3 atom stereocenters. The molecule has 1 aliphatic carbocycles. The molecule has 118 valence electrons. The molecule has 0 radical (unpaired) electrons. The number of hydrogen-bond acceptors (Lipinski definition) is 4. The molecule has 0 N–H and O–H groups in total. The van der Waals surface area contributed by atoms with Crippen molar-refractivity contribution in [3.05, 3.63) is 47.5 Å². The Kier molecular flexibility index (Phi) is 5.50. The van der Waals surface area contributed by atoms with Crippen LogP contribution in [-0.2, 0) is 14.3 Å². The number of carbonyl (C=O) groups excluding carboxylic acids is 2. The zero-order valence-electron chi connectivity index (χ0n) is 13.2. The molecular weight excluding hydrogens is 280 g/mol. The second kappa shape index (κ2) is 7.36. The molecule has 0 aromatic heterocycles. The SMILES string of the molecule is CC=C(C)[C@@H]1C(=O)CCC(OC(=O)c2ccccc2)[C@H]1OC. The highest BCUT2D eigenvalue weighted by Gasteiger charge is 2.41. The van der Waals surface area contributed by atoms with E-state index in [4.69, 9.17) is 9.47 Å². The van der Waals surface area contributed by atoms with Crippen molar-refractivity contribution in [3.63, 3.8) is 0 Å². The van der Waals surface area contributed by atoms with Gasteiger partial charge in [-0.05, 0) is 32.4 Å². The maximum absolute atomic E-state index is 12.2. The summed E-state index contributed by atoms with van der Waals surface area (Å²) in [6.45, 7) is 3.81. The minimum absolute atomic E-state index is 0.148. The molecule has 1 aliphatic rings. The maximum atomic E-state index is 12.2. The van der Waals surface area contributed by atoms with Gasteiger partial charge in [-0.3, -0.25) is 4.79 Å². The lowest BCUT2D eigenvalue weighted by Gasteiger charge is -2.36. The Hall–Kier alpha value is -1.94. The summed E-state index contributed by atoms with van der Waals surface area (Å²) >= 11 is 0. The Labute approximate surface area is 131 Å². The zero-order chi connectivity index (χ0) is 16.1. The van der Waals surface area contributed by atoms with E-state index >= 15 is 0 Å². The minimum Gasteiger partial charge on any atom is -0.456 e. The van der Waals surface area contributed by atoms with E-state index in [0.717, 1.165) is 5.57 Å². The number of benzene rings is 1. The first kappa shape index (κ1) is 16.4. The summed E-state index contributed by atoms with van der Waals surface area (Å²) < 4.78 is 11.1. The van der Waals surface area contributed by atoms with Gasteiger partial charge in [-0.1, -0.05) is 29.8 Å². The van der Waals surface area contributed by atoms with Gasteiger partial charge in [0.05, 0.1) is 11.5 Å². The number of rotatable bonds is 4. The van der Waals surface area contributed by atoms with Gasteiger partial charge in [0.2, 0.25) is 0 Å². The minimum atomic E-state index is -0.426. The Morgan fingerprint density at radius 1 is 1.27 bits per heavy atom. The normalized spacial score (nSPS) is 25.9. The zero-order valence-corrected chi connectivity index (χ0v) is 13.2. The molecule has 2 rings (SSSR count). The molecule has 4 heteroatoms. The van der Waals surface area contributed by atoms with Gasteiger partial charge in [0.1, 0.15) is 18.0 Å². The summed E-state index contributed by atoms with van der Waals surface area (Å²) in [5.41, 5.74) is 1.46. The third kappa shape index (κ3) is 3.45. The van der Waals surface area contributed by atoms with Crippen molar-refractivity contribution in [2.45, 2.75) is 38.9 Å². The fraction of sp³-hybridized carbons (Fsp3) is 0.444. The molecule has 0 heterocycles. The summed E-state index contributed by atoms with van der Waals surface area (Å²) in [5, 5.41) is 0. The van der Waals surface area contributed by atoms with Gasteiger partial charge in [-0.25, -0.2) is 4.79 Å². The highest BCUT2D eigenvalue weighted by molar-refractivity contribution is 5.90. The molecule has 0 saturated heterocycles. The average Bonchev–Trinajstić information content (AvgIpc) is 2.56. The van der Waals surface area contributed by atoms with Crippen LogP contribution in [0.2, 0.25) is 0 Å². The number of carbonyl (C=O) groups is 2. The van der Waals surface area contributed by atoms with Gasteiger partial charge in [0, 0.05) is 13.5 Å². The van der Waals surface area contributed by atoms with Gasteiger partial charge in [0.25, 0.3) is 0 Å².